The van der Waals surface area contributed by atoms with Gasteiger partial charge in [0.05, 0.1) is 22.8 Å². The Balaban J connectivity index is 2.28. The summed E-state index contributed by atoms with van der Waals surface area (Å²) in [6.45, 7) is 5.84. The van der Waals surface area contributed by atoms with E-state index >= 15 is 0 Å². The predicted molar refractivity (Wildman–Crippen MR) is 90.7 cm³/mol. The highest BCUT2D eigenvalue weighted by Gasteiger charge is 2.37. The Morgan fingerprint density at radius 3 is 2.46 bits per heavy atom. The number of rotatable bonds is 6. The van der Waals surface area contributed by atoms with Gasteiger partial charge in [-0.15, -0.1) is 0 Å². The van der Waals surface area contributed by atoms with Crippen LogP contribution in [0.15, 0.2) is 0 Å². The van der Waals surface area contributed by atoms with Gasteiger partial charge in [0, 0.05) is 25.3 Å². The molecule has 0 N–H and O–H groups in total. The molecule has 7 nitrogen and oxygen atoms in total. The van der Waals surface area contributed by atoms with Gasteiger partial charge in [0.2, 0.25) is 0 Å². The fraction of sp³-hybridized carbons (Fsp3) is 0.688. The molecule has 1 fully saturated rings. The minimum atomic E-state index is -3.12. The standard InChI is InChI=1S/C16H25N3O4S/c1-5-6-8-19(13-7-9-24(22,23)10-13)16(21)15(20)14-11(2)17-18(4)12(14)3/h13H,5-10H2,1-4H3. The summed E-state index contributed by atoms with van der Waals surface area (Å²) < 4.78 is 25.1. The first-order chi connectivity index (χ1) is 11.2. The van der Waals surface area contributed by atoms with Crippen LogP contribution in [0.3, 0.4) is 0 Å². The molecule has 1 aromatic heterocycles. The molecule has 0 radical (unpaired) electrons. The van der Waals surface area contributed by atoms with E-state index in [2.05, 4.69) is 5.10 Å². The summed E-state index contributed by atoms with van der Waals surface area (Å²) in [7, 11) is -1.40. The molecule has 24 heavy (non-hydrogen) atoms. The van der Waals surface area contributed by atoms with Gasteiger partial charge in [0.1, 0.15) is 0 Å². The van der Waals surface area contributed by atoms with Crippen LogP contribution in [-0.4, -0.2) is 58.9 Å². The topological polar surface area (TPSA) is 89.3 Å². The van der Waals surface area contributed by atoms with Gasteiger partial charge in [-0.1, -0.05) is 13.3 Å². The molecular formula is C16H25N3O4S. The third-order valence-electron chi connectivity index (χ3n) is 4.59. The third kappa shape index (κ3) is 3.68. The van der Waals surface area contributed by atoms with Gasteiger partial charge >= 0.3 is 0 Å². The van der Waals surface area contributed by atoms with Gasteiger partial charge in [-0.05, 0) is 26.7 Å². The van der Waals surface area contributed by atoms with E-state index in [-0.39, 0.29) is 11.5 Å². The quantitative estimate of drug-likeness (QED) is 0.562. The largest absolute Gasteiger partial charge is 0.332 e. The first-order valence-electron chi connectivity index (χ1n) is 8.23. The molecular weight excluding hydrogens is 330 g/mol. The second-order valence-corrected chi connectivity index (χ2v) is 8.64. The lowest BCUT2D eigenvalue weighted by atomic mass is 10.1. The zero-order chi connectivity index (χ0) is 18.1. The number of aromatic nitrogens is 2. The maximum atomic E-state index is 12.8. The van der Waals surface area contributed by atoms with Crippen molar-refractivity contribution >= 4 is 21.5 Å². The molecule has 1 aromatic rings. The van der Waals surface area contributed by atoms with E-state index in [0.717, 1.165) is 12.8 Å². The van der Waals surface area contributed by atoms with Crippen molar-refractivity contribution in [2.24, 2.45) is 7.05 Å². The van der Waals surface area contributed by atoms with Crippen LogP contribution < -0.4 is 0 Å². The molecule has 0 saturated carbocycles. The summed E-state index contributed by atoms with van der Waals surface area (Å²) in [6.07, 6.45) is 2.00. The highest BCUT2D eigenvalue weighted by Crippen LogP contribution is 2.21. The Kier molecular flexibility index (Phi) is 5.47. The molecule has 0 bridgehead atoms. The van der Waals surface area contributed by atoms with Gasteiger partial charge in [0.15, 0.2) is 9.84 Å². The van der Waals surface area contributed by atoms with Crippen molar-refractivity contribution in [2.75, 3.05) is 18.1 Å². The molecule has 0 aliphatic carbocycles. The molecule has 1 amide bonds. The zero-order valence-electron chi connectivity index (χ0n) is 14.7. The van der Waals surface area contributed by atoms with Crippen LogP contribution in [0.1, 0.15) is 47.9 Å². The second kappa shape index (κ2) is 7.04. The van der Waals surface area contributed by atoms with E-state index < -0.39 is 27.6 Å². The first kappa shape index (κ1) is 18.6. The number of sulfone groups is 1. The summed E-state index contributed by atoms with van der Waals surface area (Å²) in [6, 6.07) is -0.407. The van der Waals surface area contributed by atoms with Gasteiger partial charge in [-0.3, -0.25) is 14.3 Å². The van der Waals surface area contributed by atoms with Crippen LogP contribution in [-0.2, 0) is 21.7 Å². The highest BCUT2D eigenvalue weighted by molar-refractivity contribution is 7.91. The third-order valence-corrected chi connectivity index (χ3v) is 6.34. The minimum absolute atomic E-state index is 0.0548. The van der Waals surface area contributed by atoms with Crippen LogP contribution >= 0.6 is 0 Å². The molecule has 8 heteroatoms. The minimum Gasteiger partial charge on any atom is -0.332 e. The van der Waals surface area contributed by atoms with Crippen molar-refractivity contribution in [1.82, 2.24) is 14.7 Å². The number of amides is 1. The number of nitrogens with zero attached hydrogens (tertiary/aromatic N) is 3. The van der Waals surface area contributed by atoms with E-state index in [1.54, 1.807) is 25.6 Å². The van der Waals surface area contributed by atoms with Crippen LogP contribution in [0.2, 0.25) is 0 Å². The van der Waals surface area contributed by atoms with E-state index in [1.807, 2.05) is 6.92 Å². The van der Waals surface area contributed by atoms with Crippen molar-refractivity contribution in [3.63, 3.8) is 0 Å². The Morgan fingerprint density at radius 1 is 1.33 bits per heavy atom. The summed E-state index contributed by atoms with van der Waals surface area (Å²) in [5.41, 5.74) is 1.48. The summed E-state index contributed by atoms with van der Waals surface area (Å²) >= 11 is 0. The fourth-order valence-corrected chi connectivity index (χ4v) is 4.87. The van der Waals surface area contributed by atoms with Crippen molar-refractivity contribution in [1.29, 1.82) is 0 Å². The molecule has 1 saturated heterocycles. The molecule has 0 aromatic carbocycles. The van der Waals surface area contributed by atoms with E-state index in [4.69, 9.17) is 0 Å². The lowest BCUT2D eigenvalue weighted by Crippen LogP contribution is -2.45. The van der Waals surface area contributed by atoms with Crippen molar-refractivity contribution in [3.8, 4) is 0 Å². The zero-order valence-corrected chi connectivity index (χ0v) is 15.5. The fourth-order valence-electron chi connectivity index (χ4n) is 3.14. The number of aryl methyl sites for hydroxylation is 2. The van der Waals surface area contributed by atoms with Crippen LogP contribution in [0, 0.1) is 13.8 Å². The lowest BCUT2D eigenvalue weighted by Gasteiger charge is -2.27. The van der Waals surface area contributed by atoms with Gasteiger partial charge in [0.25, 0.3) is 11.7 Å². The monoisotopic (exact) mass is 355 g/mol. The number of carbonyl (C=O) groups is 2. The van der Waals surface area contributed by atoms with Crippen molar-refractivity contribution in [2.45, 2.75) is 46.1 Å². The number of unbranched alkanes of at least 4 members (excludes halogenated alkanes) is 1. The smallest absolute Gasteiger partial charge is 0.295 e. The molecule has 1 atom stereocenters. The molecule has 2 heterocycles. The van der Waals surface area contributed by atoms with E-state index in [0.29, 0.717) is 29.9 Å². The predicted octanol–water partition coefficient (Wildman–Crippen LogP) is 1.04. The SMILES string of the molecule is CCCCN(C(=O)C(=O)c1c(C)nn(C)c1C)C1CCS(=O)(=O)C1. The summed E-state index contributed by atoms with van der Waals surface area (Å²) in [4.78, 5) is 27.0. The van der Waals surface area contributed by atoms with Gasteiger partial charge in [-0.2, -0.15) is 5.10 Å². The molecule has 134 valence electrons. The first-order valence-corrected chi connectivity index (χ1v) is 10.1. The Labute approximate surface area is 142 Å². The van der Waals surface area contributed by atoms with Crippen LogP contribution in [0.4, 0.5) is 0 Å². The van der Waals surface area contributed by atoms with Crippen molar-refractivity contribution in [3.05, 3.63) is 17.0 Å². The van der Waals surface area contributed by atoms with Crippen molar-refractivity contribution < 1.29 is 18.0 Å². The Bertz CT molecular complexity index is 752. The normalized spacial score (nSPS) is 19.4. The summed E-state index contributed by atoms with van der Waals surface area (Å²) in [5.74, 6) is -1.20. The second-order valence-electron chi connectivity index (χ2n) is 6.41. The number of hydrogen-bond acceptors (Lipinski definition) is 5. The highest BCUT2D eigenvalue weighted by atomic mass is 32.2. The van der Waals surface area contributed by atoms with E-state index in [9.17, 15) is 18.0 Å². The van der Waals surface area contributed by atoms with Crippen LogP contribution in [0.25, 0.3) is 0 Å². The molecule has 1 aliphatic rings. The number of hydrogen-bond donors (Lipinski definition) is 0. The number of ketones is 1. The Hall–Kier alpha value is -1.70. The van der Waals surface area contributed by atoms with Gasteiger partial charge < -0.3 is 4.90 Å². The average Bonchev–Trinajstić information content (AvgIpc) is 2.98. The van der Waals surface area contributed by atoms with Gasteiger partial charge in [-0.25, -0.2) is 8.42 Å². The number of carbonyl (C=O) groups excluding carboxylic acids is 2. The number of Topliss-reactive ketones (excluding diaryl/α,β-unsaturated/α-hetero) is 1. The van der Waals surface area contributed by atoms with E-state index in [1.165, 1.54) is 4.90 Å². The maximum Gasteiger partial charge on any atom is 0.295 e. The van der Waals surface area contributed by atoms with Crippen LogP contribution in [0.5, 0.6) is 0 Å². The molecule has 1 aliphatic heterocycles. The maximum absolute atomic E-state index is 12.8. The molecule has 0 spiro atoms. The lowest BCUT2D eigenvalue weighted by molar-refractivity contribution is -0.128. The average molecular weight is 355 g/mol. The molecule has 1 unspecified atom stereocenters. The summed E-state index contributed by atoms with van der Waals surface area (Å²) in [5, 5.41) is 4.19. The Morgan fingerprint density at radius 2 is 2.00 bits per heavy atom. The molecule has 2 rings (SSSR count).